The first-order valence-electron chi connectivity index (χ1n) is 7.89. The number of nitrogens with zero attached hydrogens (tertiary/aromatic N) is 3. The molecule has 0 unspecified atom stereocenters. The molecule has 0 amide bonds. The minimum Gasteiger partial charge on any atom is -0.270 e. The van der Waals surface area contributed by atoms with Crippen LogP contribution in [-0.2, 0) is 23.0 Å². The van der Waals surface area contributed by atoms with Gasteiger partial charge < -0.3 is 0 Å². The van der Waals surface area contributed by atoms with E-state index in [-0.39, 0.29) is 5.82 Å². The second-order valence-corrected chi connectivity index (χ2v) is 7.57. The van der Waals surface area contributed by atoms with Crippen LogP contribution < -0.4 is 4.72 Å². The number of benzene rings is 1. The van der Waals surface area contributed by atoms with E-state index >= 15 is 0 Å². The maximum atomic E-state index is 12.1. The van der Waals surface area contributed by atoms with Gasteiger partial charge in [-0.3, -0.25) is 14.4 Å². The summed E-state index contributed by atoms with van der Waals surface area (Å²) in [4.78, 5) is 3.98. The predicted octanol–water partition coefficient (Wildman–Crippen LogP) is 3.59. The molecule has 0 atom stereocenters. The van der Waals surface area contributed by atoms with Crippen LogP contribution in [0.15, 0.2) is 66.5 Å². The van der Waals surface area contributed by atoms with Gasteiger partial charge in [-0.15, -0.1) is 0 Å². The summed E-state index contributed by atoms with van der Waals surface area (Å²) in [6.07, 6.45) is 7.50. The third kappa shape index (κ3) is 5.44. The molecule has 0 bridgehead atoms. The molecule has 8 heteroatoms. The molecule has 2 heterocycles. The molecular formula is C18H17ClN4O2S. The Morgan fingerprint density at radius 2 is 1.81 bits per heavy atom. The van der Waals surface area contributed by atoms with Gasteiger partial charge in [-0.05, 0) is 47.9 Å². The lowest BCUT2D eigenvalue weighted by Crippen LogP contribution is -2.10. The average Bonchev–Trinajstić information content (AvgIpc) is 3.07. The molecule has 0 aliphatic rings. The molecule has 1 N–H and O–H groups in total. The first-order chi connectivity index (χ1) is 12.5. The van der Waals surface area contributed by atoms with Gasteiger partial charge in [-0.25, -0.2) is 8.42 Å². The lowest BCUT2D eigenvalue weighted by atomic mass is 10.2. The van der Waals surface area contributed by atoms with Gasteiger partial charge in [0.25, 0.3) is 10.0 Å². The Morgan fingerprint density at radius 1 is 1.08 bits per heavy atom. The van der Waals surface area contributed by atoms with Crippen LogP contribution in [0.25, 0.3) is 6.08 Å². The highest BCUT2D eigenvalue weighted by Gasteiger charge is 2.08. The van der Waals surface area contributed by atoms with E-state index in [0.29, 0.717) is 11.6 Å². The molecule has 0 saturated carbocycles. The molecule has 3 aromatic rings. The van der Waals surface area contributed by atoms with E-state index < -0.39 is 10.0 Å². The maximum absolute atomic E-state index is 12.1. The summed E-state index contributed by atoms with van der Waals surface area (Å²) in [7, 11) is -3.64. The number of anilines is 1. The Kier molecular flexibility index (Phi) is 5.70. The van der Waals surface area contributed by atoms with Crippen molar-refractivity contribution < 1.29 is 8.42 Å². The summed E-state index contributed by atoms with van der Waals surface area (Å²) >= 11 is 5.81. The molecule has 3 rings (SSSR count). The van der Waals surface area contributed by atoms with Crippen molar-refractivity contribution in [1.29, 1.82) is 0 Å². The number of hydrogen-bond acceptors (Lipinski definition) is 4. The molecule has 0 saturated heterocycles. The summed E-state index contributed by atoms with van der Waals surface area (Å²) in [5.41, 5.74) is 1.88. The van der Waals surface area contributed by atoms with E-state index in [4.69, 9.17) is 11.6 Å². The fraction of sp³-hybridized carbons (Fsp3) is 0.111. The van der Waals surface area contributed by atoms with Gasteiger partial charge in [-0.2, -0.15) is 5.10 Å². The second-order valence-electron chi connectivity index (χ2n) is 5.57. The fourth-order valence-electron chi connectivity index (χ4n) is 2.26. The molecule has 2 aromatic heterocycles. The average molecular weight is 389 g/mol. The Labute approximate surface area is 157 Å². The zero-order chi connectivity index (χ0) is 18.4. The summed E-state index contributed by atoms with van der Waals surface area (Å²) in [6.45, 7) is 0.645. The number of aromatic nitrogens is 3. The van der Waals surface area contributed by atoms with Crippen LogP contribution in [0.1, 0.15) is 11.1 Å². The molecule has 1 aromatic carbocycles. The van der Waals surface area contributed by atoms with Crippen LogP contribution in [-0.4, -0.2) is 23.2 Å². The smallest absolute Gasteiger partial charge is 0.256 e. The minimum absolute atomic E-state index is 0.278. The van der Waals surface area contributed by atoms with Gasteiger partial charge in [0.05, 0.1) is 5.41 Å². The lowest BCUT2D eigenvalue weighted by Gasteiger charge is -2.03. The highest BCUT2D eigenvalue weighted by Crippen LogP contribution is 2.12. The van der Waals surface area contributed by atoms with Crippen molar-refractivity contribution in [3.05, 3.63) is 82.6 Å². The van der Waals surface area contributed by atoms with Gasteiger partial charge in [0.1, 0.15) is 0 Å². The molecule has 0 radical (unpaired) electrons. The van der Waals surface area contributed by atoms with Gasteiger partial charge in [0.15, 0.2) is 5.82 Å². The molecule has 6 nitrogen and oxygen atoms in total. The van der Waals surface area contributed by atoms with E-state index in [1.807, 2.05) is 12.1 Å². The molecule has 0 fully saturated rings. The molecule has 134 valence electrons. The summed E-state index contributed by atoms with van der Waals surface area (Å²) in [5.74, 6) is 0.278. The van der Waals surface area contributed by atoms with E-state index in [2.05, 4.69) is 14.8 Å². The van der Waals surface area contributed by atoms with Crippen LogP contribution >= 0.6 is 11.6 Å². The second kappa shape index (κ2) is 8.16. The zero-order valence-corrected chi connectivity index (χ0v) is 15.4. The van der Waals surface area contributed by atoms with E-state index in [1.165, 1.54) is 6.08 Å². The Morgan fingerprint density at radius 3 is 2.54 bits per heavy atom. The van der Waals surface area contributed by atoms with Crippen LogP contribution in [0.2, 0.25) is 5.02 Å². The molecular weight excluding hydrogens is 372 g/mol. The monoisotopic (exact) mass is 388 g/mol. The van der Waals surface area contributed by atoms with Crippen molar-refractivity contribution >= 4 is 33.5 Å². The number of hydrogen-bond donors (Lipinski definition) is 1. The number of sulfonamides is 1. The number of halogens is 1. The Balaban J connectivity index is 1.59. The SMILES string of the molecule is O=S(=O)(/C=C\c1ccc(Cl)cc1)Nc1ccn(CCc2ccncc2)n1. The van der Waals surface area contributed by atoms with E-state index in [1.54, 1.807) is 53.6 Å². The van der Waals surface area contributed by atoms with Crippen molar-refractivity contribution in [2.45, 2.75) is 13.0 Å². The third-order valence-corrected chi connectivity index (χ3v) is 4.82. The molecule has 26 heavy (non-hydrogen) atoms. The normalized spacial score (nSPS) is 11.7. The highest BCUT2D eigenvalue weighted by atomic mass is 35.5. The Bertz CT molecular complexity index is 984. The first kappa shape index (κ1) is 18.2. The summed E-state index contributed by atoms with van der Waals surface area (Å²) in [5, 5.41) is 5.94. The van der Waals surface area contributed by atoms with Crippen molar-refractivity contribution in [2.24, 2.45) is 0 Å². The number of nitrogens with one attached hydrogen (secondary N) is 1. The van der Waals surface area contributed by atoms with Gasteiger partial charge >= 0.3 is 0 Å². The number of aryl methyl sites for hydroxylation is 2. The fourth-order valence-corrected chi connectivity index (χ4v) is 3.19. The van der Waals surface area contributed by atoms with Crippen LogP contribution in [0.5, 0.6) is 0 Å². The summed E-state index contributed by atoms with van der Waals surface area (Å²) in [6, 6.07) is 12.4. The Hall–Kier alpha value is -2.64. The highest BCUT2D eigenvalue weighted by molar-refractivity contribution is 7.95. The van der Waals surface area contributed by atoms with E-state index in [0.717, 1.165) is 23.0 Å². The van der Waals surface area contributed by atoms with Gasteiger partial charge in [-0.1, -0.05) is 23.7 Å². The van der Waals surface area contributed by atoms with Crippen molar-refractivity contribution in [1.82, 2.24) is 14.8 Å². The minimum atomic E-state index is -3.64. The topological polar surface area (TPSA) is 76.9 Å². The van der Waals surface area contributed by atoms with Crippen LogP contribution in [0.4, 0.5) is 5.82 Å². The predicted molar refractivity (Wildman–Crippen MR) is 103 cm³/mol. The largest absolute Gasteiger partial charge is 0.270 e. The van der Waals surface area contributed by atoms with Crippen molar-refractivity contribution in [3.8, 4) is 0 Å². The van der Waals surface area contributed by atoms with Crippen LogP contribution in [0, 0.1) is 0 Å². The third-order valence-electron chi connectivity index (χ3n) is 3.58. The molecule has 0 spiro atoms. The van der Waals surface area contributed by atoms with Crippen molar-refractivity contribution in [3.63, 3.8) is 0 Å². The van der Waals surface area contributed by atoms with Crippen LogP contribution in [0.3, 0.4) is 0 Å². The standard InChI is InChI=1S/C18H17ClN4O2S/c19-17-3-1-15(2-4-17)9-14-26(24,25)22-18-8-13-23(21-18)12-7-16-5-10-20-11-6-16/h1-6,8-11,13-14H,7,12H2,(H,21,22)/b14-9-. The quantitative estimate of drug-likeness (QED) is 0.671. The maximum Gasteiger partial charge on any atom is 0.256 e. The lowest BCUT2D eigenvalue weighted by molar-refractivity contribution is 0.606. The number of rotatable bonds is 7. The first-order valence-corrected chi connectivity index (χ1v) is 9.81. The van der Waals surface area contributed by atoms with Gasteiger partial charge in [0, 0.05) is 36.2 Å². The zero-order valence-electron chi connectivity index (χ0n) is 13.8. The summed E-state index contributed by atoms with van der Waals surface area (Å²) < 4.78 is 28.4. The van der Waals surface area contributed by atoms with Crippen molar-refractivity contribution in [2.75, 3.05) is 4.72 Å². The van der Waals surface area contributed by atoms with E-state index in [9.17, 15) is 8.42 Å². The molecule has 0 aliphatic carbocycles. The molecule has 0 aliphatic heterocycles. The van der Waals surface area contributed by atoms with Gasteiger partial charge in [0.2, 0.25) is 0 Å². The number of pyridine rings is 1.